The summed E-state index contributed by atoms with van der Waals surface area (Å²) in [5, 5.41) is 12.0. The average Bonchev–Trinajstić information content (AvgIpc) is 2.97. The van der Waals surface area contributed by atoms with E-state index in [-0.39, 0.29) is 0 Å². The van der Waals surface area contributed by atoms with E-state index in [9.17, 15) is 0 Å². The second kappa shape index (κ2) is 8.16. The number of rotatable bonds is 6. The Labute approximate surface area is 130 Å². The zero-order chi connectivity index (χ0) is 14.9. The smallest absolute Gasteiger partial charge is 0.186 e. The molecule has 2 N–H and O–H groups in total. The topological polar surface area (TPSA) is 54.2 Å². The van der Waals surface area contributed by atoms with Crippen molar-refractivity contribution >= 4 is 23.5 Å². The molecule has 1 aromatic carbocycles. The molecule has 0 amide bonds. The third kappa shape index (κ3) is 5.00. The molecule has 0 fully saturated rings. The van der Waals surface area contributed by atoms with Crippen LogP contribution in [0.3, 0.4) is 0 Å². The van der Waals surface area contributed by atoms with E-state index < -0.39 is 0 Å². The van der Waals surface area contributed by atoms with Crippen LogP contribution in [0.15, 0.2) is 47.8 Å². The van der Waals surface area contributed by atoms with Crippen LogP contribution in [-0.2, 0) is 0 Å². The zero-order valence-corrected chi connectivity index (χ0v) is 12.8. The van der Waals surface area contributed by atoms with Crippen LogP contribution in [0.5, 0.6) is 0 Å². The fourth-order valence-electron chi connectivity index (χ4n) is 1.71. The second-order valence-electron chi connectivity index (χ2n) is 4.53. The van der Waals surface area contributed by atoms with Crippen molar-refractivity contribution in [3.8, 4) is 5.69 Å². The number of aromatic nitrogens is 2. The van der Waals surface area contributed by atoms with Gasteiger partial charge in [0.2, 0.25) is 0 Å². The molecule has 0 bridgehead atoms. The summed E-state index contributed by atoms with van der Waals surface area (Å²) in [7, 11) is 0. The largest absolute Gasteiger partial charge is 0.361 e. The summed E-state index contributed by atoms with van der Waals surface area (Å²) in [6.45, 7) is 3.00. The lowest BCUT2D eigenvalue weighted by Crippen LogP contribution is -2.32. The van der Waals surface area contributed by atoms with Gasteiger partial charge in [0.1, 0.15) is 0 Å². The number of thiocarbonyl (C=S) groups is 1. The Morgan fingerprint density at radius 1 is 1.38 bits per heavy atom. The van der Waals surface area contributed by atoms with Gasteiger partial charge in [-0.2, -0.15) is 10.2 Å². The predicted octanol–water partition coefficient (Wildman–Crippen LogP) is 2.47. The number of benzene rings is 1. The molecule has 0 aliphatic rings. The number of nitrogens with zero attached hydrogens (tertiary/aromatic N) is 3. The molecule has 2 rings (SSSR count). The molecule has 0 saturated carbocycles. The minimum absolute atomic E-state index is 0.537. The summed E-state index contributed by atoms with van der Waals surface area (Å²) >= 11 is 5.11. The van der Waals surface area contributed by atoms with E-state index in [1.54, 1.807) is 17.1 Å². The van der Waals surface area contributed by atoms with Crippen LogP contribution in [0.25, 0.3) is 5.69 Å². The van der Waals surface area contributed by atoms with E-state index >= 15 is 0 Å². The zero-order valence-electron chi connectivity index (χ0n) is 12.0. The van der Waals surface area contributed by atoms with Gasteiger partial charge in [0.25, 0.3) is 0 Å². The molecule has 21 heavy (non-hydrogen) atoms. The van der Waals surface area contributed by atoms with Crippen molar-refractivity contribution in [3.63, 3.8) is 0 Å². The van der Waals surface area contributed by atoms with Crippen LogP contribution in [0.1, 0.15) is 25.3 Å². The van der Waals surface area contributed by atoms with Gasteiger partial charge in [0.05, 0.1) is 18.1 Å². The fraction of sp³-hybridized carbons (Fsp3) is 0.267. The Hall–Kier alpha value is -2.21. The molecule has 1 aromatic heterocycles. The van der Waals surface area contributed by atoms with Crippen LogP contribution in [-0.4, -0.2) is 27.7 Å². The molecule has 2 aromatic rings. The lowest BCUT2D eigenvalue weighted by molar-refractivity contribution is 0.745. The monoisotopic (exact) mass is 301 g/mol. The summed E-state index contributed by atoms with van der Waals surface area (Å²) < 4.78 is 1.80. The quantitative estimate of drug-likeness (QED) is 0.372. The van der Waals surface area contributed by atoms with E-state index in [0.29, 0.717) is 5.11 Å². The molecule has 6 heteroatoms. The van der Waals surface area contributed by atoms with Crippen LogP contribution < -0.4 is 10.7 Å². The van der Waals surface area contributed by atoms with Crippen LogP contribution in [0.2, 0.25) is 0 Å². The minimum atomic E-state index is 0.537. The molecule has 0 saturated heterocycles. The van der Waals surface area contributed by atoms with E-state index in [4.69, 9.17) is 12.2 Å². The number of nitrogens with one attached hydrogen (secondary N) is 2. The molecular formula is C15H19N5S. The number of hydrazone groups is 1. The van der Waals surface area contributed by atoms with E-state index in [1.165, 1.54) is 0 Å². The third-order valence-electron chi connectivity index (χ3n) is 2.82. The Morgan fingerprint density at radius 3 is 2.95 bits per heavy atom. The molecule has 0 aliphatic carbocycles. The number of hydrogen-bond acceptors (Lipinski definition) is 3. The second-order valence-corrected chi connectivity index (χ2v) is 4.94. The third-order valence-corrected chi connectivity index (χ3v) is 3.05. The molecular weight excluding hydrogens is 282 g/mol. The SMILES string of the molecule is CCCCNC(=S)N/N=C\c1cnn(-c2ccccc2)c1. The maximum atomic E-state index is 5.11. The van der Waals surface area contributed by atoms with Crippen LogP contribution in [0, 0.1) is 0 Å². The van der Waals surface area contributed by atoms with Crippen LogP contribution in [0.4, 0.5) is 0 Å². The maximum absolute atomic E-state index is 5.11. The van der Waals surface area contributed by atoms with Gasteiger partial charge in [-0.3, -0.25) is 5.43 Å². The van der Waals surface area contributed by atoms with Gasteiger partial charge in [-0.25, -0.2) is 4.68 Å². The van der Waals surface area contributed by atoms with E-state index in [1.807, 2.05) is 36.5 Å². The highest BCUT2D eigenvalue weighted by Gasteiger charge is 1.98. The number of hydrogen-bond donors (Lipinski definition) is 2. The van der Waals surface area contributed by atoms with Gasteiger partial charge in [-0.15, -0.1) is 0 Å². The van der Waals surface area contributed by atoms with Gasteiger partial charge < -0.3 is 5.32 Å². The molecule has 0 unspecified atom stereocenters. The van der Waals surface area contributed by atoms with Gasteiger partial charge >= 0.3 is 0 Å². The fourth-order valence-corrected chi connectivity index (χ4v) is 1.86. The number of unbranched alkanes of at least 4 members (excludes halogenated alkanes) is 1. The molecule has 5 nitrogen and oxygen atoms in total. The molecule has 1 heterocycles. The Bertz CT molecular complexity index is 591. The van der Waals surface area contributed by atoms with E-state index in [0.717, 1.165) is 30.6 Å². The summed E-state index contributed by atoms with van der Waals surface area (Å²) in [6.07, 6.45) is 7.59. The Morgan fingerprint density at radius 2 is 2.19 bits per heavy atom. The first-order valence-corrected chi connectivity index (χ1v) is 7.37. The molecule has 0 atom stereocenters. The first-order chi connectivity index (χ1) is 10.3. The van der Waals surface area contributed by atoms with Gasteiger partial charge in [0.15, 0.2) is 5.11 Å². The summed E-state index contributed by atoms with van der Waals surface area (Å²) in [6, 6.07) is 9.93. The van der Waals surface area contributed by atoms with Gasteiger partial charge in [-0.05, 0) is 30.8 Å². The Balaban J connectivity index is 1.85. The van der Waals surface area contributed by atoms with Crippen molar-refractivity contribution in [2.45, 2.75) is 19.8 Å². The highest BCUT2D eigenvalue weighted by atomic mass is 32.1. The first-order valence-electron chi connectivity index (χ1n) is 6.96. The summed E-state index contributed by atoms with van der Waals surface area (Å²) in [5.74, 6) is 0. The van der Waals surface area contributed by atoms with Crippen molar-refractivity contribution in [2.24, 2.45) is 5.10 Å². The predicted molar refractivity (Wildman–Crippen MR) is 89.8 cm³/mol. The van der Waals surface area contributed by atoms with Crippen molar-refractivity contribution in [1.29, 1.82) is 0 Å². The average molecular weight is 301 g/mol. The Kier molecular flexibility index (Phi) is 5.90. The highest BCUT2D eigenvalue weighted by molar-refractivity contribution is 7.80. The molecule has 0 spiro atoms. The first kappa shape index (κ1) is 15.2. The summed E-state index contributed by atoms with van der Waals surface area (Å²) in [4.78, 5) is 0. The number of para-hydroxylation sites is 1. The summed E-state index contributed by atoms with van der Waals surface area (Å²) in [5.41, 5.74) is 4.71. The lowest BCUT2D eigenvalue weighted by atomic mass is 10.3. The normalized spacial score (nSPS) is 10.7. The molecule has 110 valence electrons. The van der Waals surface area contributed by atoms with Gasteiger partial charge in [-0.1, -0.05) is 31.5 Å². The molecule has 0 radical (unpaired) electrons. The van der Waals surface area contributed by atoms with Crippen molar-refractivity contribution in [2.75, 3.05) is 6.54 Å². The van der Waals surface area contributed by atoms with Gasteiger partial charge in [0, 0.05) is 18.3 Å². The van der Waals surface area contributed by atoms with Crippen molar-refractivity contribution < 1.29 is 0 Å². The maximum Gasteiger partial charge on any atom is 0.186 e. The highest BCUT2D eigenvalue weighted by Crippen LogP contribution is 2.06. The molecule has 0 aliphatic heterocycles. The minimum Gasteiger partial charge on any atom is -0.361 e. The lowest BCUT2D eigenvalue weighted by Gasteiger charge is -2.04. The van der Waals surface area contributed by atoms with Crippen LogP contribution >= 0.6 is 12.2 Å². The van der Waals surface area contributed by atoms with Crippen molar-refractivity contribution in [3.05, 3.63) is 48.3 Å². The standard InChI is InChI=1S/C15H19N5S/c1-2-3-9-16-15(21)19-17-10-13-11-18-20(12-13)14-7-5-4-6-8-14/h4-8,10-12H,2-3,9H2,1H3,(H2,16,19,21)/b17-10-. The van der Waals surface area contributed by atoms with E-state index in [2.05, 4.69) is 27.9 Å². The van der Waals surface area contributed by atoms with Crippen molar-refractivity contribution in [1.82, 2.24) is 20.5 Å².